The fraction of sp³-hybridized carbons (Fsp3) is 0.706. The Balaban J connectivity index is 1.60. The smallest absolute Gasteiger partial charge is 0.225 e. The summed E-state index contributed by atoms with van der Waals surface area (Å²) in [5.41, 5.74) is 2.10. The highest BCUT2D eigenvalue weighted by Gasteiger charge is 2.32. The molecule has 0 aromatic carbocycles. The number of aryl methyl sites for hydroxylation is 2. The molecule has 3 heterocycles. The number of ether oxygens (including phenoxy) is 1. The lowest BCUT2D eigenvalue weighted by Crippen LogP contribution is -2.38. The van der Waals surface area contributed by atoms with E-state index in [0.29, 0.717) is 19.1 Å². The van der Waals surface area contributed by atoms with Crippen LogP contribution in [0.4, 0.5) is 5.82 Å². The molecule has 0 radical (unpaired) electrons. The molecule has 0 aliphatic carbocycles. The van der Waals surface area contributed by atoms with Gasteiger partial charge in [0.25, 0.3) is 0 Å². The van der Waals surface area contributed by atoms with Gasteiger partial charge < -0.3 is 15.0 Å². The Morgan fingerprint density at radius 2 is 1.91 bits per heavy atom. The molecule has 3 rings (SSSR count). The normalized spacial score (nSPS) is 22.4. The van der Waals surface area contributed by atoms with E-state index in [2.05, 4.69) is 15.3 Å². The van der Waals surface area contributed by atoms with Crippen molar-refractivity contribution in [1.82, 2.24) is 14.9 Å². The first-order valence-electron chi connectivity index (χ1n) is 8.49. The maximum absolute atomic E-state index is 12.6. The van der Waals surface area contributed by atoms with Gasteiger partial charge in [-0.15, -0.1) is 0 Å². The lowest BCUT2D eigenvalue weighted by molar-refractivity contribution is -0.137. The average Bonchev–Trinajstić information content (AvgIpc) is 3.01. The van der Waals surface area contributed by atoms with Crippen molar-refractivity contribution in [2.75, 3.05) is 31.6 Å². The van der Waals surface area contributed by atoms with Gasteiger partial charge in [-0.3, -0.25) is 4.79 Å². The highest BCUT2D eigenvalue weighted by atomic mass is 16.5. The summed E-state index contributed by atoms with van der Waals surface area (Å²) in [5.74, 6) is 2.13. The molecule has 6 nitrogen and oxygen atoms in total. The van der Waals surface area contributed by atoms with Crippen molar-refractivity contribution in [3.05, 3.63) is 17.1 Å². The van der Waals surface area contributed by atoms with Crippen molar-refractivity contribution in [2.45, 2.75) is 46.1 Å². The Hall–Kier alpha value is -1.69. The summed E-state index contributed by atoms with van der Waals surface area (Å²) < 4.78 is 5.35. The van der Waals surface area contributed by atoms with Gasteiger partial charge in [0.05, 0.1) is 0 Å². The molecule has 1 aromatic heterocycles. The van der Waals surface area contributed by atoms with Gasteiger partial charge in [0.15, 0.2) is 0 Å². The van der Waals surface area contributed by atoms with Crippen LogP contribution >= 0.6 is 0 Å². The minimum atomic E-state index is 0.146. The summed E-state index contributed by atoms with van der Waals surface area (Å²) >= 11 is 0. The Labute approximate surface area is 137 Å². The average molecular weight is 318 g/mol. The van der Waals surface area contributed by atoms with Crippen molar-refractivity contribution in [3.8, 4) is 0 Å². The number of likely N-dealkylation sites (tertiary alicyclic amines) is 1. The summed E-state index contributed by atoms with van der Waals surface area (Å²) in [7, 11) is 0. The maximum Gasteiger partial charge on any atom is 0.225 e. The minimum absolute atomic E-state index is 0.146. The fourth-order valence-electron chi connectivity index (χ4n) is 3.38. The second-order valence-electron chi connectivity index (χ2n) is 6.63. The van der Waals surface area contributed by atoms with Crippen LogP contribution in [-0.2, 0) is 9.53 Å². The summed E-state index contributed by atoms with van der Waals surface area (Å²) in [6, 6.07) is 0.270. The van der Waals surface area contributed by atoms with Crippen molar-refractivity contribution < 1.29 is 9.53 Å². The SMILES string of the molecule is Cc1nc(C)c(C)c(N[C@H]2CCN(C(=O)C3CCOCC3)C2)n1. The van der Waals surface area contributed by atoms with E-state index in [1.807, 2.05) is 25.7 Å². The van der Waals surface area contributed by atoms with Crippen LogP contribution in [0.1, 0.15) is 36.3 Å². The second-order valence-corrected chi connectivity index (χ2v) is 6.63. The number of hydrogen-bond acceptors (Lipinski definition) is 5. The molecule has 126 valence electrons. The van der Waals surface area contributed by atoms with E-state index in [-0.39, 0.29) is 12.0 Å². The zero-order chi connectivity index (χ0) is 16.4. The van der Waals surface area contributed by atoms with Gasteiger partial charge in [0, 0.05) is 49.5 Å². The molecule has 1 N–H and O–H groups in total. The Morgan fingerprint density at radius 1 is 1.17 bits per heavy atom. The minimum Gasteiger partial charge on any atom is -0.381 e. The first-order chi connectivity index (χ1) is 11.0. The van der Waals surface area contributed by atoms with Gasteiger partial charge in [-0.25, -0.2) is 9.97 Å². The van der Waals surface area contributed by atoms with Gasteiger partial charge >= 0.3 is 0 Å². The summed E-state index contributed by atoms with van der Waals surface area (Å²) in [5, 5.41) is 3.51. The fourth-order valence-corrected chi connectivity index (χ4v) is 3.38. The van der Waals surface area contributed by atoms with Crippen LogP contribution in [0.3, 0.4) is 0 Å². The molecule has 2 aliphatic heterocycles. The van der Waals surface area contributed by atoms with Crippen molar-refractivity contribution in [1.29, 1.82) is 0 Å². The molecule has 0 bridgehead atoms. The molecular weight excluding hydrogens is 292 g/mol. The number of amides is 1. The Morgan fingerprint density at radius 3 is 2.65 bits per heavy atom. The monoisotopic (exact) mass is 318 g/mol. The molecule has 2 aliphatic rings. The van der Waals surface area contributed by atoms with Crippen LogP contribution in [0, 0.1) is 26.7 Å². The summed E-state index contributed by atoms with van der Waals surface area (Å²) in [6.45, 7) is 8.97. The number of carbonyl (C=O) groups is 1. The van der Waals surface area contributed by atoms with Crippen LogP contribution in [0.15, 0.2) is 0 Å². The molecular formula is C17H26N4O2. The third-order valence-electron chi connectivity index (χ3n) is 4.91. The molecule has 0 spiro atoms. The Kier molecular flexibility index (Phi) is 4.80. The van der Waals surface area contributed by atoms with Gasteiger partial charge in [-0.1, -0.05) is 0 Å². The number of nitrogens with zero attached hydrogens (tertiary/aromatic N) is 3. The van der Waals surface area contributed by atoms with Gasteiger partial charge in [-0.05, 0) is 40.0 Å². The number of nitrogens with one attached hydrogen (secondary N) is 1. The van der Waals surface area contributed by atoms with Crippen molar-refractivity contribution in [2.24, 2.45) is 5.92 Å². The highest BCUT2D eigenvalue weighted by molar-refractivity contribution is 5.79. The highest BCUT2D eigenvalue weighted by Crippen LogP contribution is 2.23. The first kappa shape index (κ1) is 16.2. The maximum atomic E-state index is 12.6. The van der Waals surface area contributed by atoms with Crippen LogP contribution in [0.2, 0.25) is 0 Å². The van der Waals surface area contributed by atoms with E-state index in [4.69, 9.17) is 4.74 Å². The molecule has 6 heteroatoms. The summed E-state index contributed by atoms with van der Waals surface area (Å²) in [4.78, 5) is 23.5. The van der Waals surface area contributed by atoms with Crippen molar-refractivity contribution in [3.63, 3.8) is 0 Å². The number of anilines is 1. The molecule has 0 saturated carbocycles. The van der Waals surface area contributed by atoms with E-state index in [1.165, 1.54) is 0 Å². The van der Waals surface area contributed by atoms with Crippen LogP contribution < -0.4 is 5.32 Å². The molecule has 0 unspecified atom stereocenters. The lowest BCUT2D eigenvalue weighted by Gasteiger charge is -2.26. The van der Waals surface area contributed by atoms with Crippen LogP contribution in [-0.4, -0.2) is 53.1 Å². The van der Waals surface area contributed by atoms with Crippen molar-refractivity contribution >= 4 is 11.7 Å². The van der Waals surface area contributed by atoms with E-state index in [1.54, 1.807) is 0 Å². The molecule has 23 heavy (non-hydrogen) atoms. The molecule has 2 fully saturated rings. The van der Waals surface area contributed by atoms with Gasteiger partial charge in [0.2, 0.25) is 5.91 Å². The van der Waals surface area contributed by atoms with Crippen LogP contribution in [0.5, 0.6) is 0 Å². The third kappa shape index (κ3) is 3.63. The largest absolute Gasteiger partial charge is 0.381 e. The zero-order valence-electron chi connectivity index (χ0n) is 14.3. The second kappa shape index (κ2) is 6.83. The predicted octanol–water partition coefficient (Wildman–Crippen LogP) is 1.84. The van der Waals surface area contributed by atoms with E-state index in [9.17, 15) is 4.79 Å². The summed E-state index contributed by atoms with van der Waals surface area (Å²) in [6.07, 6.45) is 2.68. The number of aromatic nitrogens is 2. The number of rotatable bonds is 3. The number of carbonyl (C=O) groups excluding carboxylic acids is 1. The van der Waals surface area contributed by atoms with Gasteiger partial charge in [-0.2, -0.15) is 0 Å². The van der Waals surface area contributed by atoms with Crippen LogP contribution in [0.25, 0.3) is 0 Å². The number of hydrogen-bond donors (Lipinski definition) is 1. The van der Waals surface area contributed by atoms with E-state index >= 15 is 0 Å². The molecule has 1 atom stereocenters. The molecule has 1 amide bonds. The molecule has 2 saturated heterocycles. The van der Waals surface area contributed by atoms with E-state index in [0.717, 1.165) is 55.3 Å². The third-order valence-corrected chi connectivity index (χ3v) is 4.91. The van der Waals surface area contributed by atoms with Gasteiger partial charge in [0.1, 0.15) is 11.6 Å². The predicted molar refractivity (Wildman–Crippen MR) is 88.4 cm³/mol. The topological polar surface area (TPSA) is 67.4 Å². The molecule has 1 aromatic rings. The quantitative estimate of drug-likeness (QED) is 0.921. The Bertz CT molecular complexity index is 584. The lowest BCUT2D eigenvalue weighted by atomic mass is 9.99. The standard InChI is InChI=1S/C17H26N4O2/c1-11-12(2)18-13(3)19-16(11)20-15-4-7-21(10-15)17(22)14-5-8-23-9-6-14/h14-15H,4-10H2,1-3H3,(H,18,19,20)/t15-/m0/s1. The van der Waals surface area contributed by atoms with E-state index < -0.39 is 0 Å². The first-order valence-corrected chi connectivity index (χ1v) is 8.49. The zero-order valence-corrected chi connectivity index (χ0v) is 14.3.